The summed E-state index contributed by atoms with van der Waals surface area (Å²) in [6.07, 6.45) is 0. The van der Waals surface area contributed by atoms with E-state index in [1.54, 1.807) is 7.11 Å². The van der Waals surface area contributed by atoms with Crippen LogP contribution in [0.1, 0.15) is 12.5 Å². The van der Waals surface area contributed by atoms with Crippen molar-refractivity contribution < 1.29 is 9.47 Å². The molecule has 2 aromatic rings. The second-order valence-corrected chi connectivity index (χ2v) is 4.54. The standard InChI is InChI=1S/C16H17N3O3/c1-3-22-14-6-4-5-12(9-14)15-10-13(11-17)16(20)19(18-15)7-8-21-2/h4-6,9-10H,3,7-8H2,1-2H3. The van der Waals surface area contributed by atoms with Crippen molar-refractivity contribution in [3.8, 4) is 23.1 Å². The molecule has 0 atom stereocenters. The third-order valence-corrected chi connectivity index (χ3v) is 3.04. The van der Waals surface area contributed by atoms with Crippen molar-refractivity contribution in [1.29, 1.82) is 5.26 Å². The first-order valence-corrected chi connectivity index (χ1v) is 6.94. The van der Waals surface area contributed by atoms with Crippen LogP contribution in [0.3, 0.4) is 0 Å². The molecule has 6 heteroatoms. The van der Waals surface area contributed by atoms with Gasteiger partial charge < -0.3 is 9.47 Å². The first kappa shape index (κ1) is 15.7. The Labute approximate surface area is 128 Å². The Kier molecular flexibility index (Phi) is 5.28. The van der Waals surface area contributed by atoms with Crippen LogP contribution in [0.25, 0.3) is 11.3 Å². The number of methoxy groups -OCH3 is 1. The molecule has 0 N–H and O–H groups in total. The summed E-state index contributed by atoms with van der Waals surface area (Å²) in [5.74, 6) is 0.718. The van der Waals surface area contributed by atoms with E-state index in [1.165, 1.54) is 10.7 Å². The molecule has 114 valence electrons. The van der Waals surface area contributed by atoms with Gasteiger partial charge in [-0.15, -0.1) is 0 Å². The molecule has 1 aromatic carbocycles. The minimum Gasteiger partial charge on any atom is -0.494 e. The minimum atomic E-state index is -0.413. The first-order chi connectivity index (χ1) is 10.7. The van der Waals surface area contributed by atoms with E-state index in [2.05, 4.69) is 5.10 Å². The van der Waals surface area contributed by atoms with Crippen molar-refractivity contribution in [1.82, 2.24) is 9.78 Å². The average molecular weight is 299 g/mol. The van der Waals surface area contributed by atoms with Gasteiger partial charge in [-0.2, -0.15) is 10.4 Å². The van der Waals surface area contributed by atoms with Crippen LogP contribution in [-0.2, 0) is 11.3 Å². The summed E-state index contributed by atoms with van der Waals surface area (Å²) in [5, 5.41) is 13.4. The van der Waals surface area contributed by atoms with Gasteiger partial charge in [0, 0.05) is 12.7 Å². The lowest BCUT2D eigenvalue weighted by Gasteiger charge is -2.09. The smallest absolute Gasteiger partial charge is 0.284 e. The first-order valence-electron chi connectivity index (χ1n) is 6.94. The summed E-state index contributed by atoms with van der Waals surface area (Å²) >= 11 is 0. The highest BCUT2D eigenvalue weighted by atomic mass is 16.5. The van der Waals surface area contributed by atoms with Crippen LogP contribution in [-0.4, -0.2) is 30.1 Å². The number of aromatic nitrogens is 2. The Morgan fingerprint density at radius 3 is 2.86 bits per heavy atom. The Morgan fingerprint density at radius 2 is 2.18 bits per heavy atom. The van der Waals surface area contributed by atoms with E-state index in [9.17, 15) is 4.79 Å². The van der Waals surface area contributed by atoms with Crippen LogP contribution in [0.2, 0.25) is 0 Å². The number of nitrogens with zero attached hydrogens (tertiary/aromatic N) is 3. The highest BCUT2D eigenvalue weighted by molar-refractivity contribution is 5.62. The molecule has 0 aliphatic heterocycles. The largest absolute Gasteiger partial charge is 0.494 e. The lowest BCUT2D eigenvalue weighted by atomic mass is 10.1. The Morgan fingerprint density at radius 1 is 1.36 bits per heavy atom. The summed E-state index contributed by atoms with van der Waals surface area (Å²) in [5.41, 5.74) is 0.981. The summed E-state index contributed by atoms with van der Waals surface area (Å²) in [6, 6.07) is 10.8. The average Bonchev–Trinajstić information content (AvgIpc) is 2.54. The molecule has 0 saturated carbocycles. The van der Waals surface area contributed by atoms with Crippen molar-refractivity contribution >= 4 is 0 Å². The van der Waals surface area contributed by atoms with Crippen LogP contribution >= 0.6 is 0 Å². The molecule has 6 nitrogen and oxygen atoms in total. The van der Waals surface area contributed by atoms with Crippen molar-refractivity contribution in [2.45, 2.75) is 13.5 Å². The predicted molar refractivity (Wildman–Crippen MR) is 81.7 cm³/mol. The van der Waals surface area contributed by atoms with Crippen molar-refractivity contribution in [2.75, 3.05) is 20.3 Å². The van der Waals surface area contributed by atoms with Crippen LogP contribution in [0.4, 0.5) is 0 Å². The van der Waals surface area contributed by atoms with Crippen molar-refractivity contribution in [2.24, 2.45) is 0 Å². The van der Waals surface area contributed by atoms with Gasteiger partial charge in [-0.1, -0.05) is 12.1 Å². The van der Waals surface area contributed by atoms with Gasteiger partial charge in [0.05, 0.1) is 25.5 Å². The number of hydrogen-bond donors (Lipinski definition) is 0. The van der Waals surface area contributed by atoms with Gasteiger partial charge in [-0.05, 0) is 25.1 Å². The number of hydrogen-bond acceptors (Lipinski definition) is 5. The van der Waals surface area contributed by atoms with Crippen LogP contribution < -0.4 is 10.3 Å². The van der Waals surface area contributed by atoms with E-state index in [0.717, 1.165) is 11.3 Å². The fraction of sp³-hybridized carbons (Fsp3) is 0.312. The summed E-state index contributed by atoms with van der Waals surface area (Å²) in [4.78, 5) is 12.1. The molecular formula is C16H17N3O3. The minimum absolute atomic E-state index is 0.0583. The van der Waals surface area contributed by atoms with Gasteiger partial charge in [0.25, 0.3) is 5.56 Å². The Hall–Kier alpha value is -2.65. The van der Waals surface area contributed by atoms with E-state index in [0.29, 0.717) is 25.5 Å². The van der Waals surface area contributed by atoms with Crippen molar-refractivity contribution in [3.63, 3.8) is 0 Å². The number of benzene rings is 1. The topological polar surface area (TPSA) is 77.1 Å². The Balaban J connectivity index is 2.48. The van der Waals surface area contributed by atoms with Crippen molar-refractivity contribution in [3.05, 3.63) is 46.2 Å². The molecular weight excluding hydrogens is 282 g/mol. The quantitative estimate of drug-likeness (QED) is 0.813. The Bertz CT molecular complexity index is 747. The van der Waals surface area contributed by atoms with Gasteiger partial charge in [0.2, 0.25) is 0 Å². The van der Waals surface area contributed by atoms with E-state index >= 15 is 0 Å². The maximum Gasteiger partial charge on any atom is 0.284 e. The lowest BCUT2D eigenvalue weighted by Crippen LogP contribution is -2.27. The SMILES string of the molecule is CCOc1cccc(-c2cc(C#N)c(=O)n(CCOC)n2)c1. The van der Waals surface area contributed by atoms with E-state index in [1.807, 2.05) is 37.3 Å². The third kappa shape index (κ3) is 3.51. The molecule has 0 radical (unpaired) electrons. The maximum absolute atomic E-state index is 12.1. The van der Waals surface area contributed by atoms with E-state index in [4.69, 9.17) is 14.7 Å². The van der Waals surface area contributed by atoms with Crippen LogP contribution in [0, 0.1) is 11.3 Å². The monoisotopic (exact) mass is 299 g/mol. The molecule has 0 saturated heterocycles. The molecule has 0 spiro atoms. The molecule has 2 rings (SSSR count). The zero-order chi connectivity index (χ0) is 15.9. The zero-order valence-electron chi connectivity index (χ0n) is 12.6. The zero-order valence-corrected chi connectivity index (χ0v) is 12.6. The second kappa shape index (κ2) is 7.38. The normalized spacial score (nSPS) is 10.2. The second-order valence-electron chi connectivity index (χ2n) is 4.54. The predicted octanol–water partition coefficient (Wildman–Crippen LogP) is 1.83. The number of ether oxygens (including phenoxy) is 2. The van der Waals surface area contributed by atoms with Gasteiger partial charge in [-0.25, -0.2) is 4.68 Å². The molecule has 0 unspecified atom stereocenters. The number of nitriles is 1. The molecule has 0 bridgehead atoms. The molecule has 1 aromatic heterocycles. The van der Waals surface area contributed by atoms with E-state index in [-0.39, 0.29) is 5.56 Å². The fourth-order valence-electron chi connectivity index (χ4n) is 2.00. The van der Waals surface area contributed by atoms with Gasteiger partial charge in [0.1, 0.15) is 17.4 Å². The fourth-order valence-corrected chi connectivity index (χ4v) is 2.00. The molecule has 0 fully saturated rings. The molecule has 0 aliphatic carbocycles. The van der Waals surface area contributed by atoms with Gasteiger partial charge in [-0.3, -0.25) is 4.79 Å². The van der Waals surface area contributed by atoms with Crippen LogP contribution in [0.15, 0.2) is 35.1 Å². The lowest BCUT2D eigenvalue weighted by molar-refractivity contribution is 0.182. The van der Waals surface area contributed by atoms with Crippen LogP contribution in [0.5, 0.6) is 5.75 Å². The molecule has 0 amide bonds. The molecule has 0 aliphatic rings. The summed E-state index contributed by atoms with van der Waals surface area (Å²) in [6.45, 7) is 3.11. The summed E-state index contributed by atoms with van der Waals surface area (Å²) in [7, 11) is 1.55. The molecule has 22 heavy (non-hydrogen) atoms. The highest BCUT2D eigenvalue weighted by Gasteiger charge is 2.10. The highest BCUT2D eigenvalue weighted by Crippen LogP contribution is 2.22. The molecule has 1 heterocycles. The number of rotatable bonds is 6. The summed E-state index contributed by atoms with van der Waals surface area (Å²) < 4.78 is 11.7. The third-order valence-electron chi connectivity index (χ3n) is 3.04. The maximum atomic E-state index is 12.1. The van der Waals surface area contributed by atoms with Gasteiger partial charge >= 0.3 is 0 Å². The van der Waals surface area contributed by atoms with E-state index < -0.39 is 5.56 Å². The van der Waals surface area contributed by atoms with Gasteiger partial charge in [0.15, 0.2) is 0 Å².